The molecule has 0 rings (SSSR count). The molecule has 4 nitrogen and oxygen atoms in total. The molecule has 0 aromatic rings. The minimum atomic E-state index is -1.85. The molecule has 0 atom stereocenters. The summed E-state index contributed by atoms with van der Waals surface area (Å²) < 4.78 is 21.9. The van der Waals surface area contributed by atoms with Gasteiger partial charge in [0.2, 0.25) is 0 Å². The van der Waals surface area contributed by atoms with Crippen molar-refractivity contribution in [2.45, 2.75) is 50.9 Å². The first-order valence-corrected chi connectivity index (χ1v) is 11.7. The summed E-state index contributed by atoms with van der Waals surface area (Å²) in [6, 6.07) is 2.15. The van der Waals surface area contributed by atoms with Gasteiger partial charge in [-0.1, -0.05) is 25.7 Å². The molecular formula is C12H30O4Si2. The molecule has 18 heavy (non-hydrogen) atoms. The second kappa shape index (κ2) is 9.22. The predicted molar refractivity (Wildman–Crippen MR) is 79.4 cm³/mol. The van der Waals surface area contributed by atoms with Gasteiger partial charge in [-0.15, -0.1) is 0 Å². The average molecular weight is 295 g/mol. The van der Waals surface area contributed by atoms with Crippen molar-refractivity contribution in [2.75, 3.05) is 28.4 Å². The first-order valence-electron chi connectivity index (χ1n) is 6.66. The normalized spacial score (nSPS) is 13.0. The van der Waals surface area contributed by atoms with Crippen molar-refractivity contribution in [3.8, 4) is 0 Å². The quantitative estimate of drug-likeness (QED) is 0.433. The van der Waals surface area contributed by atoms with E-state index in [4.69, 9.17) is 17.7 Å². The van der Waals surface area contributed by atoms with Crippen LogP contribution in [0.3, 0.4) is 0 Å². The molecule has 0 saturated carbocycles. The molecule has 0 spiro atoms. The van der Waals surface area contributed by atoms with Crippen LogP contribution in [0.15, 0.2) is 0 Å². The number of unbranched alkanes of at least 4 members (excludes halogenated alkanes) is 3. The van der Waals surface area contributed by atoms with Crippen LogP contribution in [0, 0.1) is 0 Å². The Hall–Kier alpha value is 0.274. The van der Waals surface area contributed by atoms with E-state index in [-0.39, 0.29) is 0 Å². The minimum absolute atomic E-state index is 1.07. The Morgan fingerprint density at radius 2 is 0.833 bits per heavy atom. The molecule has 0 N–H and O–H groups in total. The number of hydrogen-bond donors (Lipinski definition) is 0. The van der Waals surface area contributed by atoms with E-state index in [9.17, 15) is 0 Å². The smallest absolute Gasteiger partial charge is 0.334 e. The van der Waals surface area contributed by atoms with E-state index >= 15 is 0 Å². The molecule has 0 saturated heterocycles. The third-order valence-electron chi connectivity index (χ3n) is 3.74. The summed E-state index contributed by atoms with van der Waals surface area (Å²) in [5.74, 6) is 0. The van der Waals surface area contributed by atoms with Crippen LogP contribution in [-0.4, -0.2) is 45.6 Å². The van der Waals surface area contributed by atoms with Crippen molar-refractivity contribution < 1.29 is 17.7 Å². The molecule has 6 heteroatoms. The van der Waals surface area contributed by atoms with Gasteiger partial charge < -0.3 is 17.7 Å². The molecule has 0 aromatic carbocycles. The van der Waals surface area contributed by atoms with E-state index in [0.29, 0.717) is 0 Å². The van der Waals surface area contributed by atoms with Gasteiger partial charge >= 0.3 is 17.1 Å². The Morgan fingerprint density at radius 1 is 0.556 bits per heavy atom. The van der Waals surface area contributed by atoms with Gasteiger partial charge in [-0.3, -0.25) is 0 Å². The van der Waals surface area contributed by atoms with Gasteiger partial charge in [-0.25, -0.2) is 0 Å². The van der Waals surface area contributed by atoms with Crippen molar-refractivity contribution in [2.24, 2.45) is 0 Å². The van der Waals surface area contributed by atoms with Crippen molar-refractivity contribution in [3.05, 3.63) is 0 Å². The topological polar surface area (TPSA) is 36.9 Å². The molecule has 0 unspecified atom stereocenters. The Balaban J connectivity index is 3.63. The van der Waals surface area contributed by atoms with Crippen LogP contribution >= 0.6 is 0 Å². The molecule has 0 aromatic heterocycles. The Bertz CT molecular complexity index is 184. The lowest BCUT2D eigenvalue weighted by Crippen LogP contribution is -2.36. The molecule has 0 bridgehead atoms. The highest BCUT2D eigenvalue weighted by molar-refractivity contribution is 6.66. The van der Waals surface area contributed by atoms with Crippen LogP contribution in [0.2, 0.25) is 25.2 Å². The highest BCUT2D eigenvalue weighted by Gasteiger charge is 2.29. The molecule has 0 aliphatic rings. The van der Waals surface area contributed by atoms with E-state index in [1.165, 1.54) is 25.7 Å². The van der Waals surface area contributed by atoms with Gasteiger partial charge in [0.15, 0.2) is 0 Å². The second-order valence-corrected chi connectivity index (χ2v) is 12.2. The molecule has 0 radical (unpaired) electrons. The molecule has 0 aliphatic carbocycles. The van der Waals surface area contributed by atoms with Gasteiger partial charge in [-0.05, 0) is 25.2 Å². The van der Waals surface area contributed by atoms with Gasteiger partial charge in [0.1, 0.15) is 0 Å². The van der Waals surface area contributed by atoms with E-state index in [0.717, 1.165) is 12.1 Å². The second-order valence-electron chi connectivity index (χ2n) is 5.00. The highest BCUT2D eigenvalue weighted by atomic mass is 28.4. The molecule has 0 aliphatic heterocycles. The van der Waals surface area contributed by atoms with Gasteiger partial charge in [0, 0.05) is 28.4 Å². The first-order chi connectivity index (χ1) is 8.45. The lowest BCUT2D eigenvalue weighted by atomic mass is 10.2. The molecule has 110 valence electrons. The lowest BCUT2D eigenvalue weighted by molar-refractivity contribution is 0.246. The van der Waals surface area contributed by atoms with E-state index < -0.39 is 17.1 Å². The minimum Gasteiger partial charge on any atom is -0.398 e. The number of hydrogen-bond acceptors (Lipinski definition) is 4. The van der Waals surface area contributed by atoms with Crippen LogP contribution < -0.4 is 0 Å². The molecule has 0 heterocycles. The average Bonchev–Trinajstić information content (AvgIpc) is 2.42. The van der Waals surface area contributed by atoms with Crippen molar-refractivity contribution >= 4 is 17.1 Å². The fourth-order valence-corrected chi connectivity index (χ4v) is 4.75. The van der Waals surface area contributed by atoms with Crippen LogP contribution in [0.1, 0.15) is 25.7 Å². The zero-order valence-electron chi connectivity index (χ0n) is 12.9. The fourth-order valence-electron chi connectivity index (χ4n) is 1.82. The SMILES string of the molecule is CO[Si](C)(CCCCCC[Si](C)(OC)OC)OC. The summed E-state index contributed by atoms with van der Waals surface area (Å²) in [5.41, 5.74) is 0. The van der Waals surface area contributed by atoms with Crippen molar-refractivity contribution in [1.29, 1.82) is 0 Å². The van der Waals surface area contributed by atoms with Crippen LogP contribution in [-0.2, 0) is 17.7 Å². The number of rotatable bonds is 11. The molecular weight excluding hydrogens is 264 g/mol. The summed E-state index contributed by atoms with van der Waals surface area (Å²) in [5, 5.41) is 0. The Morgan fingerprint density at radius 3 is 1.06 bits per heavy atom. The first kappa shape index (κ1) is 18.3. The van der Waals surface area contributed by atoms with E-state index in [2.05, 4.69) is 13.1 Å². The Labute approximate surface area is 114 Å². The summed E-state index contributed by atoms with van der Waals surface area (Å²) in [7, 11) is 3.32. The lowest BCUT2D eigenvalue weighted by Gasteiger charge is -2.23. The monoisotopic (exact) mass is 294 g/mol. The highest BCUT2D eigenvalue weighted by Crippen LogP contribution is 2.19. The summed E-state index contributed by atoms with van der Waals surface area (Å²) in [6.45, 7) is 4.24. The maximum atomic E-state index is 5.47. The molecule has 0 amide bonds. The fraction of sp³-hybridized carbons (Fsp3) is 1.00. The summed E-state index contributed by atoms with van der Waals surface area (Å²) >= 11 is 0. The predicted octanol–water partition coefficient (Wildman–Crippen LogP) is 3.28. The van der Waals surface area contributed by atoms with Crippen molar-refractivity contribution in [1.82, 2.24) is 0 Å². The van der Waals surface area contributed by atoms with Crippen LogP contribution in [0.25, 0.3) is 0 Å². The largest absolute Gasteiger partial charge is 0.398 e. The van der Waals surface area contributed by atoms with Crippen LogP contribution in [0.4, 0.5) is 0 Å². The third-order valence-corrected chi connectivity index (χ3v) is 9.72. The van der Waals surface area contributed by atoms with Crippen LogP contribution in [0.5, 0.6) is 0 Å². The maximum Gasteiger partial charge on any atom is 0.334 e. The van der Waals surface area contributed by atoms with Gasteiger partial charge in [-0.2, -0.15) is 0 Å². The zero-order chi connectivity index (χ0) is 14.1. The third kappa shape index (κ3) is 7.01. The van der Waals surface area contributed by atoms with Gasteiger partial charge in [0.25, 0.3) is 0 Å². The molecule has 0 fully saturated rings. The van der Waals surface area contributed by atoms with Gasteiger partial charge in [0.05, 0.1) is 0 Å². The van der Waals surface area contributed by atoms with E-state index in [1.807, 2.05) is 0 Å². The zero-order valence-corrected chi connectivity index (χ0v) is 14.9. The Kier molecular flexibility index (Phi) is 9.36. The summed E-state index contributed by atoms with van der Waals surface area (Å²) in [4.78, 5) is 0. The summed E-state index contributed by atoms with van der Waals surface area (Å²) in [6.07, 6.45) is 4.83. The standard InChI is InChI=1S/C12H30O4Si2/c1-13-17(5,14-2)11-9-7-8-10-12-18(6,15-3)16-4/h7-12H2,1-6H3. The van der Waals surface area contributed by atoms with E-state index in [1.54, 1.807) is 28.4 Å². The maximum absolute atomic E-state index is 5.47. The van der Waals surface area contributed by atoms with Crippen molar-refractivity contribution in [3.63, 3.8) is 0 Å².